The van der Waals surface area contributed by atoms with Crippen LogP contribution in [-0.4, -0.2) is 55.0 Å². The third kappa shape index (κ3) is 4.46. The number of nitrogens with zero attached hydrogens (tertiary/aromatic N) is 3. The molecule has 7 nitrogen and oxygen atoms in total. The van der Waals surface area contributed by atoms with E-state index in [4.69, 9.17) is 14.5 Å². The summed E-state index contributed by atoms with van der Waals surface area (Å²) < 4.78 is 13.2. The monoisotopic (exact) mass is 398 g/mol. The molecule has 0 spiro atoms. The highest BCUT2D eigenvalue weighted by molar-refractivity contribution is 5.95. The molecule has 0 aliphatic carbocycles. The fourth-order valence-electron chi connectivity index (χ4n) is 4.31. The fourth-order valence-corrected chi connectivity index (χ4v) is 4.31. The third-order valence-electron chi connectivity index (χ3n) is 5.84. The van der Waals surface area contributed by atoms with E-state index >= 15 is 0 Å². The van der Waals surface area contributed by atoms with E-state index in [2.05, 4.69) is 21.7 Å². The van der Waals surface area contributed by atoms with E-state index in [0.29, 0.717) is 12.6 Å². The molecule has 2 aromatic heterocycles. The van der Waals surface area contributed by atoms with Gasteiger partial charge in [-0.3, -0.25) is 4.79 Å². The number of anilines is 1. The number of hydrogen-bond acceptors (Lipinski definition) is 5. The van der Waals surface area contributed by atoms with E-state index in [-0.39, 0.29) is 5.91 Å². The van der Waals surface area contributed by atoms with Crippen molar-refractivity contribution in [2.24, 2.45) is 0 Å². The molecule has 4 rings (SSSR count). The highest BCUT2D eigenvalue weighted by Gasteiger charge is 2.23. The number of hydrogen-bond donors (Lipinski definition) is 1. The predicted octanol–water partition coefficient (Wildman–Crippen LogP) is 2.62. The molecule has 0 radical (unpaired) electrons. The van der Waals surface area contributed by atoms with Crippen LogP contribution in [0.15, 0.2) is 24.3 Å². The Labute approximate surface area is 172 Å². The molecular weight excluding hydrogens is 368 g/mol. The SMILES string of the molecule is Cc1cc(C(=O)NCc2cccc(N3CCOCC3)n2)c(C)n1C1CCOCC1. The van der Waals surface area contributed by atoms with Gasteiger partial charge in [-0.15, -0.1) is 0 Å². The minimum absolute atomic E-state index is 0.0463. The van der Waals surface area contributed by atoms with Gasteiger partial charge in [0.15, 0.2) is 0 Å². The fraction of sp³-hybridized carbons (Fsp3) is 0.545. The molecule has 2 aliphatic rings. The van der Waals surface area contributed by atoms with E-state index < -0.39 is 0 Å². The van der Waals surface area contributed by atoms with Crippen LogP contribution in [0.3, 0.4) is 0 Å². The second-order valence-corrected chi connectivity index (χ2v) is 7.77. The van der Waals surface area contributed by atoms with Crippen LogP contribution in [0.25, 0.3) is 0 Å². The first-order valence-electron chi connectivity index (χ1n) is 10.5. The molecule has 7 heteroatoms. The molecule has 2 aromatic rings. The highest BCUT2D eigenvalue weighted by atomic mass is 16.5. The van der Waals surface area contributed by atoms with Gasteiger partial charge in [-0.2, -0.15) is 0 Å². The maximum Gasteiger partial charge on any atom is 0.253 e. The molecule has 0 bridgehead atoms. The van der Waals surface area contributed by atoms with Crippen molar-refractivity contribution in [2.45, 2.75) is 39.3 Å². The summed E-state index contributed by atoms with van der Waals surface area (Å²) in [6.07, 6.45) is 1.99. The van der Waals surface area contributed by atoms with Crippen LogP contribution in [0.2, 0.25) is 0 Å². The van der Waals surface area contributed by atoms with Gasteiger partial charge < -0.3 is 24.3 Å². The van der Waals surface area contributed by atoms with Gasteiger partial charge >= 0.3 is 0 Å². The largest absolute Gasteiger partial charge is 0.381 e. The number of carbonyl (C=O) groups is 1. The molecule has 1 N–H and O–H groups in total. The van der Waals surface area contributed by atoms with Gasteiger partial charge in [-0.25, -0.2) is 4.98 Å². The highest BCUT2D eigenvalue weighted by Crippen LogP contribution is 2.27. The van der Waals surface area contributed by atoms with Crippen LogP contribution in [0.4, 0.5) is 5.82 Å². The number of rotatable bonds is 5. The van der Waals surface area contributed by atoms with Crippen molar-refractivity contribution in [3.63, 3.8) is 0 Å². The summed E-state index contributed by atoms with van der Waals surface area (Å²) in [5.74, 6) is 0.896. The Morgan fingerprint density at radius 2 is 1.86 bits per heavy atom. The lowest BCUT2D eigenvalue weighted by molar-refractivity contribution is 0.0687. The average molecular weight is 399 g/mol. The summed E-state index contributed by atoms with van der Waals surface area (Å²) in [6.45, 7) is 9.25. The van der Waals surface area contributed by atoms with Crippen molar-refractivity contribution in [2.75, 3.05) is 44.4 Å². The molecule has 2 saturated heterocycles. The van der Waals surface area contributed by atoms with Gasteiger partial charge in [0.25, 0.3) is 5.91 Å². The Hall–Kier alpha value is -2.38. The first-order valence-corrected chi connectivity index (χ1v) is 10.5. The standard InChI is InChI=1S/C22H30N4O3/c1-16-14-20(17(2)26(16)19-6-10-28-11-7-19)22(27)23-15-18-4-3-5-21(24-18)25-8-12-29-13-9-25/h3-5,14,19H,6-13,15H2,1-2H3,(H,23,27). The summed E-state index contributed by atoms with van der Waals surface area (Å²) in [6, 6.07) is 8.37. The lowest BCUT2D eigenvalue weighted by atomic mass is 10.1. The van der Waals surface area contributed by atoms with E-state index in [1.54, 1.807) is 0 Å². The summed E-state index contributed by atoms with van der Waals surface area (Å²) in [7, 11) is 0. The van der Waals surface area contributed by atoms with Crippen LogP contribution in [0.1, 0.15) is 46.3 Å². The minimum atomic E-state index is -0.0463. The zero-order valence-corrected chi connectivity index (χ0v) is 17.3. The van der Waals surface area contributed by atoms with Crippen molar-refractivity contribution in [3.05, 3.63) is 46.9 Å². The molecule has 2 aliphatic heterocycles. The number of amides is 1. The third-order valence-corrected chi connectivity index (χ3v) is 5.84. The van der Waals surface area contributed by atoms with Gasteiger partial charge in [0.2, 0.25) is 0 Å². The van der Waals surface area contributed by atoms with Gasteiger partial charge in [0.05, 0.1) is 31.0 Å². The lowest BCUT2D eigenvalue weighted by Crippen LogP contribution is -2.37. The van der Waals surface area contributed by atoms with Crippen LogP contribution in [0.5, 0.6) is 0 Å². The second kappa shape index (κ2) is 8.97. The van der Waals surface area contributed by atoms with Crippen molar-refractivity contribution in [1.29, 1.82) is 0 Å². The first-order chi connectivity index (χ1) is 14.1. The lowest BCUT2D eigenvalue weighted by Gasteiger charge is -2.28. The van der Waals surface area contributed by atoms with Crippen LogP contribution < -0.4 is 10.2 Å². The van der Waals surface area contributed by atoms with Gasteiger partial charge in [0.1, 0.15) is 5.82 Å². The number of morpholine rings is 1. The van der Waals surface area contributed by atoms with Gasteiger partial charge in [-0.05, 0) is 44.9 Å². The van der Waals surface area contributed by atoms with Crippen LogP contribution >= 0.6 is 0 Å². The number of aromatic nitrogens is 2. The van der Waals surface area contributed by atoms with Crippen LogP contribution in [-0.2, 0) is 16.0 Å². The molecule has 4 heterocycles. The molecule has 2 fully saturated rings. The molecule has 156 valence electrons. The maximum atomic E-state index is 12.9. The van der Waals surface area contributed by atoms with Crippen molar-refractivity contribution >= 4 is 11.7 Å². The Morgan fingerprint density at radius 1 is 1.14 bits per heavy atom. The Balaban J connectivity index is 1.42. The van der Waals surface area contributed by atoms with Gasteiger partial charge in [0, 0.05) is 43.7 Å². The smallest absolute Gasteiger partial charge is 0.253 e. The van der Waals surface area contributed by atoms with E-state index in [0.717, 1.165) is 80.8 Å². The Morgan fingerprint density at radius 3 is 2.62 bits per heavy atom. The molecule has 29 heavy (non-hydrogen) atoms. The summed E-state index contributed by atoms with van der Waals surface area (Å²) in [5, 5.41) is 3.05. The molecule has 0 unspecified atom stereocenters. The number of ether oxygens (including phenoxy) is 2. The van der Waals surface area contributed by atoms with Crippen molar-refractivity contribution in [1.82, 2.24) is 14.9 Å². The number of aryl methyl sites for hydroxylation is 1. The Kier molecular flexibility index (Phi) is 6.16. The quantitative estimate of drug-likeness (QED) is 0.839. The molecule has 0 aromatic carbocycles. The summed E-state index contributed by atoms with van der Waals surface area (Å²) in [5.41, 5.74) is 3.77. The number of pyridine rings is 1. The maximum absolute atomic E-state index is 12.9. The Bertz CT molecular complexity index is 852. The van der Waals surface area contributed by atoms with E-state index in [9.17, 15) is 4.79 Å². The van der Waals surface area contributed by atoms with Crippen molar-refractivity contribution < 1.29 is 14.3 Å². The minimum Gasteiger partial charge on any atom is -0.381 e. The normalized spacial score (nSPS) is 18.1. The zero-order chi connectivity index (χ0) is 20.2. The first kappa shape index (κ1) is 19.9. The van der Waals surface area contributed by atoms with Gasteiger partial charge in [-0.1, -0.05) is 6.07 Å². The topological polar surface area (TPSA) is 68.6 Å². The molecule has 1 amide bonds. The second-order valence-electron chi connectivity index (χ2n) is 7.77. The van der Waals surface area contributed by atoms with Crippen molar-refractivity contribution in [3.8, 4) is 0 Å². The zero-order valence-electron chi connectivity index (χ0n) is 17.3. The van der Waals surface area contributed by atoms with E-state index in [1.807, 2.05) is 31.2 Å². The molecular formula is C22H30N4O3. The van der Waals surface area contributed by atoms with Crippen LogP contribution in [0, 0.1) is 13.8 Å². The summed E-state index contributed by atoms with van der Waals surface area (Å²) in [4.78, 5) is 19.8. The number of nitrogens with one attached hydrogen (secondary N) is 1. The average Bonchev–Trinajstić information content (AvgIpc) is 3.07. The molecule has 0 saturated carbocycles. The van der Waals surface area contributed by atoms with E-state index in [1.165, 1.54) is 0 Å². The predicted molar refractivity (Wildman–Crippen MR) is 111 cm³/mol. The summed E-state index contributed by atoms with van der Waals surface area (Å²) >= 11 is 0. The molecule has 0 atom stereocenters. The number of carbonyl (C=O) groups excluding carboxylic acids is 1.